The lowest BCUT2D eigenvalue weighted by molar-refractivity contribution is -0.224. The van der Waals surface area contributed by atoms with Crippen LogP contribution in [0.3, 0.4) is 0 Å². The number of esters is 1. The maximum atomic E-state index is 13.6. The van der Waals surface area contributed by atoms with Gasteiger partial charge in [0.1, 0.15) is 5.60 Å². The topological polar surface area (TPSA) is 89.9 Å². The molecule has 0 aliphatic heterocycles. The molecule has 4 saturated carbocycles. The molecule has 4 aliphatic rings. The molecule has 4 aliphatic carbocycles. The molecule has 0 saturated heterocycles. The molecule has 10 heteroatoms. The largest absolute Gasteiger partial charge is 0.465 e. The van der Waals surface area contributed by atoms with Crippen molar-refractivity contribution < 1.29 is 35.7 Å². The van der Waals surface area contributed by atoms with Gasteiger partial charge in [0.05, 0.1) is 5.60 Å². The molecule has 2 unspecified atom stereocenters. The zero-order valence-corrected chi connectivity index (χ0v) is 16.4. The maximum Gasteiger partial charge on any atom is 0.465 e. The van der Waals surface area contributed by atoms with Gasteiger partial charge in [0, 0.05) is 6.42 Å². The number of alkyl halides is 2. The molecule has 144 valence electrons. The number of hydrogen-bond acceptors (Lipinski definition) is 5. The minimum Gasteiger partial charge on any atom is -0.454 e. The van der Waals surface area contributed by atoms with Crippen molar-refractivity contribution in [2.75, 3.05) is 0 Å². The van der Waals surface area contributed by atoms with Gasteiger partial charge in [-0.3, -0.25) is 4.55 Å². The molecule has 6 nitrogen and oxygen atoms in total. The fraction of sp³-hybridized carbons (Fsp3) is 0.933. The first kappa shape index (κ1) is 19.2. The fourth-order valence-corrected chi connectivity index (χ4v) is 7.14. The first-order valence-electron chi connectivity index (χ1n) is 8.44. The number of hydrogen-bond donors (Lipinski definition) is 1. The van der Waals surface area contributed by atoms with Crippen molar-refractivity contribution >= 4 is 24.4 Å². The highest BCUT2D eigenvalue weighted by molar-refractivity contribution is 7.87. The summed E-state index contributed by atoms with van der Waals surface area (Å²) in [5.41, 5.74) is -1.61. The highest BCUT2D eigenvalue weighted by Crippen LogP contribution is 2.61. The Morgan fingerprint density at radius 1 is 1.12 bits per heavy atom. The molecule has 4 bridgehead atoms. The highest BCUT2D eigenvalue weighted by atomic mass is 32.2. The molecule has 0 spiro atoms. The van der Waals surface area contributed by atoms with Crippen molar-refractivity contribution in [2.45, 2.75) is 74.6 Å². The van der Waals surface area contributed by atoms with E-state index in [9.17, 15) is 22.0 Å². The smallest absolute Gasteiger partial charge is 0.454 e. The molecular formula is C15H24F2O6SSi. The minimum absolute atomic E-state index is 0.213. The average molecular weight is 399 g/mol. The zero-order chi connectivity index (χ0) is 18.9. The van der Waals surface area contributed by atoms with Gasteiger partial charge < -0.3 is 9.16 Å². The second-order valence-corrected chi connectivity index (χ2v) is 14.8. The first-order valence-corrected chi connectivity index (χ1v) is 13.3. The number of carbonyl (C=O) groups is 1. The van der Waals surface area contributed by atoms with E-state index in [4.69, 9.17) is 13.7 Å². The van der Waals surface area contributed by atoms with Gasteiger partial charge in [0.25, 0.3) is 0 Å². The summed E-state index contributed by atoms with van der Waals surface area (Å²) in [6.45, 7) is 6.16. The Hall–Kier alpha value is -0.583. The van der Waals surface area contributed by atoms with Gasteiger partial charge in [0.15, 0.2) is 8.32 Å². The van der Waals surface area contributed by atoms with E-state index in [1.54, 1.807) is 0 Å². The van der Waals surface area contributed by atoms with Crippen LogP contribution in [0.4, 0.5) is 8.78 Å². The lowest BCUT2D eigenvalue weighted by Gasteiger charge is -2.62. The standard InChI is InChI=1S/C15H24F2O6SSi/c1-25(2,3)23-14-7-10-4-11(8-14)6-13(5-10,9-14)22-12(18)15(16,17)24(19,20)21/h10-11H,4-9H2,1-3H3,(H,19,20,21). The van der Waals surface area contributed by atoms with Gasteiger partial charge in [-0.1, -0.05) is 0 Å². The molecule has 25 heavy (non-hydrogen) atoms. The molecule has 0 radical (unpaired) electrons. The van der Waals surface area contributed by atoms with Gasteiger partial charge in [-0.2, -0.15) is 17.2 Å². The zero-order valence-electron chi connectivity index (χ0n) is 14.5. The second kappa shape index (κ2) is 5.46. The van der Waals surface area contributed by atoms with Crippen molar-refractivity contribution in [3.8, 4) is 0 Å². The summed E-state index contributed by atoms with van der Waals surface area (Å²) in [4.78, 5) is 11.8. The summed E-state index contributed by atoms with van der Waals surface area (Å²) >= 11 is 0. The maximum absolute atomic E-state index is 13.6. The van der Waals surface area contributed by atoms with Crippen LogP contribution in [0, 0.1) is 11.8 Å². The van der Waals surface area contributed by atoms with Crippen LogP contribution in [0.2, 0.25) is 19.6 Å². The number of carbonyl (C=O) groups excluding carboxylic acids is 1. The summed E-state index contributed by atoms with van der Waals surface area (Å²) in [6, 6.07) is 0. The van der Waals surface area contributed by atoms with Crippen LogP contribution in [0.5, 0.6) is 0 Å². The Morgan fingerprint density at radius 3 is 2.04 bits per heavy atom. The normalized spacial score (nSPS) is 38.0. The summed E-state index contributed by atoms with van der Waals surface area (Å²) in [5, 5.41) is -4.96. The van der Waals surface area contributed by atoms with Gasteiger partial charge in [-0.15, -0.1) is 0 Å². The Balaban J connectivity index is 1.86. The Kier molecular flexibility index (Phi) is 4.19. The highest BCUT2D eigenvalue weighted by Gasteiger charge is 2.63. The molecule has 1 N–H and O–H groups in total. The third-order valence-electron chi connectivity index (χ3n) is 5.35. The summed E-state index contributed by atoms with van der Waals surface area (Å²) < 4.78 is 69.0. The van der Waals surface area contributed by atoms with Crippen molar-refractivity contribution in [3.05, 3.63) is 0 Å². The van der Waals surface area contributed by atoms with E-state index in [-0.39, 0.29) is 11.8 Å². The third-order valence-corrected chi connectivity index (χ3v) is 7.21. The molecule has 0 amide bonds. The lowest BCUT2D eigenvalue weighted by Crippen LogP contribution is -2.64. The summed E-state index contributed by atoms with van der Waals surface area (Å²) in [6.07, 6.45) is 3.78. The van der Waals surface area contributed by atoms with Gasteiger partial charge in [-0.05, 0) is 63.6 Å². The van der Waals surface area contributed by atoms with Crippen LogP contribution in [-0.4, -0.2) is 43.7 Å². The van der Waals surface area contributed by atoms with Crippen LogP contribution in [0.1, 0.15) is 38.5 Å². The van der Waals surface area contributed by atoms with E-state index in [1.807, 2.05) is 0 Å². The van der Waals surface area contributed by atoms with E-state index in [0.29, 0.717) is 19.3 Å². The van der Waals surface area contributed by atoms with E-state index in [1.165, 1.54) is 0 Å². The summed E-state index contributed by atoms with van der Waals surface area (Å²) in [7, 11) is -7.77. The number of rotatable bonds is 5. The first-order chi connectivity index (χ1) is 11.2. The van der Waals surface area contributed by atoms with E-state index in [2.05, 4.69) is 19.6 Å². The van der Waals surface area contributed by atoms with Crippen molar-refractivity contribution in [3.63, 3.8) is 0 Å². The fourth-order valence-electron chi connectivity index (χ4n) is 5.35. The SMILES string of the molecule is C[Si](C)(C)OC12CC3CC(CC(OC(=O)C(F)(F)S(=O)(=O)O)(C3)C1)C2. The van der Waals surface area contributed by atoms with Crippen molar-refractivity contribution in [1.29, 1.82) is 0 Å². The van der Waals surface area contributed by atoms with Crippen molar-refractivity contribution in [1.82, 2.24) is 0 Å². The lowest BCUT2D eigenvalue weighted by atomic mass is 9.52. The molecular weight excluding hydrogens is 374 g/mol. The van der Waals surface area contributed by atoms with Crippen LogP contribution in [0.15, 0.2) is 0 Å². The third kappa shape index (κ3) is 3.50. The van der Waals surface area contributed by atoms with Crippen molar-refractivity contribution in [2.24, 2.45) is 11.8 Å². The average Bonchev–Trinajstić information content (AvgIpc) is 2.31. The minimum atomic E-state index is -5.86. The molecule has 0 aromatic rings. The predicted octanol–water partition coefficient (Wildman–Crippen LogP) is 2.95. The Bertz CT molecular complexity index is 673. The molecule has 0 aromatic heterocycles. The Labute approximate surface area is 147 Å². The molecule has 0 aromatic carbocycles. The van der Waals surface area contributed by atoms with Gasteiger partial charge in [-0.25, -0.2) is 4.79 Å². The van der Waals surface area contributed by atoms with Crippen LogP contribution < -0.4 is 0 Å². The van der Waals surface area contributed by atoms with E-state index in [0.717, 1.165) is 19.3 Å². The Morgan fingerprint density at radius 2 is 1.60 bits per heavy atom. The predicted molar refractivity (Wildman–Crippen MR) is 87.2 cm³/mol. The quantitative estimate of drug-likeness (QED) is 0.435. The molecule has 0 heterocycles. The monoisotopic (exact) mass is 398 g/mol. The van der Waals surface area contributed by atoms with Crippen LogP contribution in [-0.2, 0) is 24.1 Å². The van der Waals surface area contributed by atoms with Gasteiger partial charge >= 0.3 is 21.3 Å². The van der Waals surface area contributed by atoms with Crippen LogP contribution >= 0.6 is 0 Å². The number of ether oxygens (including phenoxy) is 1. The molecule has 4 rings (SSSR count). The summed E-state index contributed by atoms with van der Waals surface area (Å²) in [5.74, 6) is -1.77. The second-order valence-electron chi connectivity index (χ2n) is 8.92. The van der Waals surface area contributed by atoms with E-state index < -0.39 is 40.9 Å². The molecule has 2 atom stereocenters. The number of halogens is 2. The van der Waals surface area contributed by atoms with Crippen LogP contribution in [0.25, 0.3) is 0 Å². The molecule has 4 fully saturated rings. The van der Waals surface area contributed by atoms with Gasteiger partial charge in [0.2, 0.25) is 0 Å². The van der Waals surface area contributed by atoms with E-state index >= 15 is 0 Å².